The third-order valence-electron chi connectivity index (χ3n) is 3.87. The second-order valence-electron chi connectivity index (χ2n) is 6.04. The van der Waals surface area contributed by atoms with Crippen molar-refractivity contribution in [2.24, 2.45) is 5.10 Å². The summed E-state index contributed by atoms with van der Waals surface area (Å²) in [5.74, 6) is 0.895. The third kappa shape index (κ3) is 5.17. The van der Waals surface area contributed by atoms with E-state index in [0.29, 0.717) is 0 Å². The van der Waals surface area contributed by atoms with Gasteiger partial charge in [-0.05, 0) is 43.2 Å². The Morgan fingerprint density at radius 1 is 1.12 bits per heavy atom. The molecule has 0 aliphatic rings. The monoisotopic (exact) mass is 365 g/mol. The molecule has 1 aromatic heterocycles. The molecule has 4 nitrogen and oxygen atoms in total. The lowest BCUT2D eigenvalue weighted by Gasteiger charge is -2.04. The van der Waals surface area contributed by atoms with Crippen molar-refractivity contribution in [1.82, 2.24) is 4.98 Å². The van der Waals surface area contributed by atoms with Crippen molar-refractivity contribution in [1.29, 1.82) is 0 Å². The zero-order valence-corrected chi connectivity index (χ0v) is 15.9. The molecule has 5 heteroatoms. The van der Waals surface area contributed by atoms with Crippen LogP contribution in [0.3, 0.4) is 0 Å². The highest BCUT2D eigenvalue weighted by Crippen LogP contribution is 2.25. The van der Waals surface area contributed by atoms with Gasteiger partial charge in [0.05, 0.1) is 18.5 Å². The first-order valence-corrected chi connectivity index (χ1v) is 9.67. The number of nitrogens with zero attached hydrogens (tertiary/aromatic N) is 2. The van der Waals surface area contributed by atoms with E-state index in [4.69, 9.17) is 4.74 Å². The van der Waals surface area contributed by atoms with Gasteiger partial charge in [-0.2, -0.15) is 5.10 Å². The molecular weight excluding hydrogens is 342 g/mol. The van der Waals surface area contributed by atoms with Crippen LogP contribution in [-0.4, -0.2) is 17.8 Å². The average Bonchev–Trinajstić information content (AvgIpc) is 3.13. The molecule has 3 rings (SSSR count). The van der Waals surface area contributed by atoms with E-state index < -0.39 is 0 Å². The van der Waals surface area contributed by atoms with Crippen molar-refractivity contribution >= 4 is 22.7 Å². The Balaban J connectivity index is 1.54. The van der Waals surface area contributed by atoms with Crippen molar-refractivity contribution in [2.45, 2.75) is 26.7 Å². The van der Waals surface area contributed by atoms with Crippen LogP contribution in [0, 0.1) is 6.92 Å². The van der Waals surface area contributed by atoms with Crippen LogP contribution < -0.4 is 10.2 Å². The molecule has 3 aromatic rings. The van der Waals surface area contributed by atoms with E-state index in [1.54, 1.807) is 17.6 Å². The second-order valence-corrected chi connectivity index (χ2v) is 6.90. The van der Waals surface area contributed by atoms with E-state index in [-0.39, 0.29) is 0 Å². The molecule has 0 atom stereocenters. The molecule has 0 amide bonds. The molecule has 134 valence electrons. The first kappa shape index (κ1) is 18.1. The summed E-state index contributed by atoms with van der Waals surface area (Å²) in [5, 5.41) is 7.08. The molecule has 0 bridgehead atoms. The van der Waals surface area contributed by atoms with Crippen LogP contribution in [0.1, 0.15) is 30.9 Å². The summed E-state index contributed by atoms with van der Waals surface area (Å²) in [6.07, 6.45) is 3.99. The molecule has 1 heterocycles. The van der Waals surface area contributed by atoms with E-state index in [1.165, 1.54) is 5.56 Å². The lowest BCUT2D eigenvalue weighted by atomic mass is 10.1. The molecule has 0 saturated heterocycles. The van der Waals surface area contributed by atoms with Gasteiger partial charge in [-0.15, -0.1) is 11.3 Å². The molecule has 2 aromatic carbocycles. The van der Waals surface area contributed by atoms with Gasteiger partial charge in [-0.1, -0.05) is 43.2 Å². The number of anilines is 1. The maximum atomic E-state index is 5.66. The number of thiazole rings is 1. The SMILES string of the molecule is CCCCOc1ccc(/C=N\Nc2nc(-c3ccc(C)cc3)cs2)cc1. The molecule has 0 spiro atoms. The topological polar surface area (TPSA) is 46.5 Å². The summed E-state index contributed by atoms with van der Waals surface area (Å²) in [6.45, 7) is 5.00. The number of rotatable bonds is 8. The van der Waals surface area contributed by atoms with Crippen molar-refractivity contribution < 1.29 is 4.74 Å². The molecule has 0 aliphatic carbocycles. The fourth-order valence-corrected chi connectivity index (χ4v) is 3.00. The zero-order valence-electron chi connectivity index (χ0n) is 15.1. The Hall–Kier alpha value is -2.66. The Morgan fingerprint density at radius 2 is 1.88 bits per heavy atom. The smallest absolute Gasteiger partial charge is 0.203 e. The minimum absolute atomic E-state index is 0.763. The van der Waals surface area contributed by atoms with Gasteiger partial charge in [-0.3, -0.25) is 5.43 Å². The fourth-order valence-electron chi connectivity index (χ4n) is 2.33. The number of benzene rings is 2. The van der Waals surface area contributed by atoms with Gasteiger partial charge >= 0.3 is 0 Å². The van der Waals surface area contributed by atoms with Crippen molar-refractivity contribution in [3.63, 3.8) is 0 Å². The Morgan fingerprint density at radius 3 is 2.62 bits per heavy atom. The summed E-state index contributed by atoms with van der Waals surface area (Å²) >= 11 is 1.54. The fraction of sp³-hybridized carbons (Fsp3) is 0.238. The molecule has 1 N–H and O–H groups in total. The van der Waals surface area contributed by atoms with Crippen molar-refractivity contribution in [3.8, 4) is 17.0 Å². The number of ether oxygens (including phenoxy) is 1. The summed E-state index contributed by atoms with van der Waals surface area (Å²) < 4.78 is 5.66. The first-order valence-electron chi connectivity index (χ1n) is 8.79. The summed E-state index contributed by atoms with van der Waals surface area (Å²) in [7, 11) is 0. The normalized spacial score (nSPS) is 11.0. The lowest BCUT2D eigenvalue weighted by Crippen LogP contribution is -1.96. The minimum Gasteiger partial charge on any atom is -0.494 e. The van der Waals surface area contributed by atoms with E-state index in [1.807, 2.05) is 29.6 Å². The largest absolute Gasteiger partial charge is 0.494 e. The van der Waals surface area contributed by atoms with E-state index in [2.05, 4.69) is 53.6 Å². The molecule has 0 saturated carbocycles. The number of hydrogen-bond donors (Lipinski definition) is 1. The maximum Gasteiger partial charge on any atom is 0.203 e. The summed E-state index contributed by atoms with van der Waals surface area (Å²) in [4.78, 5) is 4.57. The van der Waals surface area contributed by atoms with Crippen LogP contribution in [-0.2, 0) is 0 Å². The highest BCUT2D eigenvalue weighted by Gasteiger charge is 2.03. The van der Waals surface area contributed by atoms with Gasteiger partial charge in [0.1, 0.15) is 5.75 Å². The minimum atomic E-state index is 0.763. The van der Waals surface area contributed by atoms with Crippen LogP contribution in [0.2, 0.25) is 0 Å². The number of unbranched alkanes of at least 4 members (excludes halogenated alkanes) is 1. The van der Waals surface area contributed by atoms with E-state index in [0.717, 1.165) is 47.2 Å². The van der Waals surface area contributed by atoms with Crippen LogP contribution in [0.25, 0.3) is 11.3 Å². The quantitative estimate of drug-likeness (QED) is 0.314. The predicted molar refractivity (Wildman–Crippen MR) is 110 cm³/mol. The Labute approximate surface area is 158 Å². The first-order chi connectivity index (χ1) is 12.7. The highest BCUT2D eigenvalue weighted by molar-refractivity contribution is 7.14. The molecule has 0 unspecified atom stereocenters. The number of aromatic nitrogens is 1. The van der Waals surface area contributed by atoms with Gasteiger partial charge in [0.25, 0.3) is 0 Å². The predicted octanol–water partition coefficient (Wildman–Crippen LogP) is 5.74. The number of aryl methyl sites for hydroxylation is 1. The van der Waals surface area contributed by atoms with Gasteiger partial charge < -0.3 is 4.74 Å². The van der Waals surface area contributed by atoms with Crippen LogP contribution in [0.15, 0.2) is 59.0 Å². The lowest BCUT2D eigenvalue weighted by molar-refractivity contribution is 0.309. The molecule has 26 heavy (non-hydrogen) atoms. The van der Waals surface area contributed by atoms with Crippen LogP contribution in [0.5, 0.6) is 5.75 Å². The summed E-state index contributed by atoms with van der Waals surface area (Å²) in [6, 6.07) is 16.3. The van der Waals surface area contributed by atoms with Crippen molar-refractivity contribution in [3.05, 3.63) is 65.0 Å². The number of hydrazone groups is 1. The Kier molecular flexibility index (Phi) is 6.39. The zero-order chi connectivity index (χ0) is 18.2. The van der Waals surface area contributed by atoms with Crippen molar-refractivity contribution in [2.75, 3.05) is 12.0 Å². The van der Waals surface area contributed by atoms with Gasteiger partial charge in [0.2, 0.25) is 5.13 Å². The summed E-state index contributed by atoms with van der Waals surface area (Å²) in [5.41, 5.74) is 7.32. The molecule has 0 radical (unpaired) electrons. The van der Waals surface area contributed by atoms with Crippen LogP contribution in [0.4, 0.5) is 5.13 Å². The molecular formula is C21H23N3OS. The number of nitrogens with one attached hydrogen (secondary N) is 1. The van der Waals surface area contributed by atoms with E-state index in [9.17, 15) is 0 Å². The second kappa shape index (κ2) is 9.15. The molecule has 0 fully saturated rings. The van der Waals surface area contributed by atoms with Crippen LogP contribution >= 0.6 is 11.3 Å². The van der Waals surface area contributed by atoms with Gasteiger partial charge in [0.15, 0.2) is 0 Å². The van der Waals surface area contributed by atoms with E-state index >= 15 is 0 Å². The maximum absolute atomic E-state index is 5.66. The highest BCUT2D eigenvalue weighted by atomic mass is 32.1. The molecule has 0 aliphatic heterocycles. The van der Waals surface area contributed by atoms with Gasteiger partial charge in [0, 0.05) is 10.9 Å². The standard InChI is InChI=1S/C21H23N3OS/c1-3-4-13-25-19-11-7-17(8-12-19)14-22-24-21-23-20(15-26-21)18-9-5-16(2)6-10-18/h5-12,14-15H,3-4,13H2,1-2H3,(H,23,24)/b22-14-. The Bertz CT molecular complexity index is 838. The third-order valence-corrected chi connectivity index (χ3v) is 4.62. The van der Waals surface area contributed by atoms with Gasteiger partial charge in [-0.25, -0.2) is 4.98 Å². The average molecular weight is 366 g/mol. The number of hydrogen-bond acceptors (Lipinski definition) is 5.